The zero-order valence-corrected chi connectivity index (χ0v) is 18.9. The Morgan fingerprint density at radius 1 is 1.16 bits per heavy atom. The van der Waals surface area contributed by atoms with Gasteiger partial charge in [0.25, 0.3) is 6.01 Å². The Hall–Kier alpha value is -2.73. The van der Waals surface area contributed by atoms with E-state index in [1.165, 1.54) is 0 Å². The summed E-state index contributed by atoms with van der Waals surface area (Å²) in [4.78, 5) is 19.0. The Labute approximate surface area is 187 Å². The molecule has 7 heteroatoms. The minimum Gasteiger partial charge on any atom is -0.462 e. The van der Waals surface area contributed by atoms with Gasteiger partial charge >= 0.3 is 6.09 Å². The van der Waals surface area contributed by atoms with Gasteiger partial charge in [-0.2, -0.15) is 4.98 Å². The molecule has 0 bridgehead atoms. The summed E-state index contributed by atoms with van der Waals surface area (Å²) < 4.78 is 13.8. The largest absolute Gasteiger partial charge is 0.462 e. The molecule has 2 aromatic carbocycles. The van der Waals surface area contributed by atoms with Gasteiger partial charge in [-0.25, -0.2) is 4.79 Å². The first-order valence-corrected chi connectivity index (χ1v) is 11.0. The van der Waals surface area contributed by atoms with E-state index in [1.54, 1.807) is 4.90 Å². The van der Waals surface area contributed by atoms with Gasteiger partial charge in [0.2, 0.25) is 0 Å². The van der Waals surface area contributed by atoms with Crippen LogP contribution in [0, 0.1) is 0 Å². The number of ether oxygens (including phenoxy) is 2. The van der Waals surface area contributed by atoms with Crippen molar-refractivity contribution in [3.8, 4) is 6.01 Å². The Kier molecular flexibility index (Phi) is 6.10. The molecular formula is C24H28ClN3O3. The van der Waals surface area contributed by atoms with Crippen LogP contribution in [0.3, 0.4) is 0 Å². The lowest BCUT2D eigenvalue weighted by Crippen LogP contribution is -2.42. The predicted molar refractivity (Wildman–Crippen MR) is 122 cm³/mol. The number of carbonyl (C=O) groups excluding carboxylic acids is 1. The monoisotopic (exact) mass is 441 g/mol. The molecule has 1 amide bonds. The number of aromatic nitrogens is 2. The van der Waals surface area contributed by atoms with Crippen LogP contribution in [0.2, 0.25) is 5.02 Å². The van der Waals surface area contributed by atoms with E-state index < -0.39 is 5.60 Å². The number of imidazole rings is 1. The number of para-hydroxylation sites is 2. The summed E-state index contributed by atoms with van der Waals surface area (Å²) in [6, 6.07) is 16.2. The van der Waals surface area contributed by atoms with Gasteiger partial charge in [-0.1, -0.05) is 41.9 Å². The second-order valence-electron chi connectivity index (χ2n) is 8.84. The molecule has 31 heavy (non-hydrogen) atoms. The molecule has 1 fully saturated rings. The fraction of sp³-hybridized carbons (Fsp3) is 0.417. The summed E-state index contributed by atoms with van der Waals surface area (Å²) in [6.45, 7) is 7.23. The van der Waals surface area contributed by atoms with E-state index in [2.05, 4.69) is 0 Å². The van der Waals surface area contributed by atoms with Crippen LogP contribution in [0.1, 0.15) is 39.2 Å². The molecule has 1 saturated heterocycles. The van der Waals surface area contributed by atoms with Gasteiger partial charge in [0.15, 0.2) is 0 Å². The van der Waals surface area contributed by atoms with Crippen molar-refractivity contribution >= 4 is 28.7 Å². The molecule has 1 aromatic heterocycles. The van der Waals surface area contributed by atoms with Crippen molar-refractivity contribution < 1.29 is 14.3 Å². The SMILES string of the molecule is CC(C)(C)OC(=O)N1CCC[C@H]1COc1nc2ccccc2n1Cc1ccccc1Cl. The average Bonchev–Trinajstić information content (AvgIpc) is 3.32. The van der Waals surface area contributed by atoms with Gasteiger partial charge < -0.3 is 14.4 Å². The number of hydrogen-bond donors (Lipinski definition) is 0. The van der Waals surface area contributed by atoms with Crippen LogP contribution in [-0.2, 0) is 11.3 Å². The highest BCUT2D eigenvalue weighted by Crippen LogP contribution is 2.27. The molecule has 1 atom stereocenters. The third-order valence-corrected chi connectivity index (χ3v) is 5.68. The topological polar surface area (TPSA) is 56.6 Å². The fourth-order valence-corrected chi connectivity index (χ4v) is 4.05. The first-order chi connectivity index (χ1) is 14.8. The molecule has 0 aliphatic carbocycles. The van der Waals surface area contributed by atoms with Gasteiger partial charge in [-0.05, 0) is 57.4 Å². The van der Waals surface area contributed by atoms with Crippen LogP contribution in [0.25, 0.3) is 11.0 Å². The highest BCUT2D eigenvalue weighted by Gasteiger charge is 2.33. The Morgan fingerprint density at radius 2 is 1.90 bits per heavy atom. The Balaban J connectivity index is 1.54. The zero-order valence-electron chi connectivity index (χ0n) is 18.2. The standard InChI is InChI=1S/C24H28ClN3O3/c1-24(2,3)31-23(29)27-14-8-10-18(27)16-30-22-26-20-12-6-7-13-21(20)28(22)15-17-9-4-5-11-19(17)25/h4-7,9,11-13,18H,8,10,14-16H2,1-3H3/t18-/m0/s1. The van der Waals surface area contributed by atoms with Crippen LogP contribution in [0.5, 0.6) is 6.01 Å². The van der Waals surface area contributed by atoms with Crippen molar-refractivity contribution in [2.24, 2.45) is 0 Å². The van der Waals surface area contributed by atoms with Gasteiger partial charge in [0, 0.05) is 11.6 Å². The van der Waals surface area contributed by atoms with Crippen LogP contribution in [0.15, 0.2) is 48.5 Å². The van der Waals surface area contributed by atoms with Crippen LogP contribution in [-0.4, -0.2) is 45.3 Å². The van der Waals surface area contributed by atoms with E-state index in [0.717, 1.165) is 29.4 Å². The summed E-state index contributed by atoms with van der Waals surface area (Å²) >= 11 is 6.40. The third-order valence-electron chi connectivity index (χ3n) is 5.32. The highest BCUT2D eigenvalue weighted by atomic mass is 35.5. The number of likely N-dealkylation sites (tertiary alicyclic amines) is 1. The second kappa shape index (κ2) is 8.79. The van der Waals surface area contributed by atoms with E-state index in [1.807, 2.05) is 73.9 Å². The first kappa shape index (κ1) is 21.5. The van der Waals surface area contributed by atoms with Crippen molar-refractivity contribution in [2.45, 2.75) is 51.8 Å². The maximum atomic E-state index is 12.6. The van der Waals surface area contributed by atoms with Crippen molar-refractivity contribution in [3.63, 3.8) is 0 Å². The maximum Gasteiger partial charge on any atom is 0.410 e. The van der Waals surface area contributed by atoms with Gasteiger partial charge in [-0.15, -0.1) is 0 Å². The number of fused-ring (bicyclic) bond motifs is 1. The summed E-state index contributed by atoms with van der Waals surface area (Å²) in [7, 11) is 0. The van der Waals surface area contributed by atoms with Crippen molar-refractivity contribution in [1.82, 2.24) is 14.5 Å². The molecule has 1 aliphatic heterocycles. The van der Waals surface area contributed by atoms with E-state index in [4.69, 9.17) is 26.1 Å². The van der Waals surface area contributed by atoms with Crippen LogP contribution in [0.4, 0.5) is 4.79 Å². The van der Waals surface area contributed by atoms with Gasteiger partial charge in [0.05, 0.1) is 23.6 Å². The lowest BCUT2D eigenvalue weighted by atomic mass is 10.2. The normalized spacial score (nSPS) is 16.6. The molecule has 1 aliphatic rings. The molecule has 0 N–H and O–H groups in total. The van der Waals surface area contributed by atoms with E-state index >= 15 is 0 Å². The molecule has 6 nitrogen and oxygen atoms in total. The fourth-order valence-electron chi connectivity index (χ4n) is 3.85. The van der Waals surface area contributed by atoms with E-state index in [-0.39, 0.29) is 12.1 Å². The second-order valence-corrected chi connectivity index (χ2v) is 9.25. The number of benzene rings is 2. The highest BCUT2D eigenvalue weighted by molar-refractivity contribution is 6.31. The summed E-state index contributed by atoms with van der Waals surface area (Å²) in [5, 5.41) is 0.707. The summed E-state index contributed by atoms with van der Waals surface area (Å²) in [5.74, 6) is 0. The molecule has 0 unspecified atom stereocenters. The number of nitrogens with zero attached hydrogens (tertiary/aromatic N) is 3. The first-order valence-electron chi connectivity index (χ1n) is 10.6. The molecule has 164 valence electrons. The summed E-state index contributed by atoms with van der Waals surface area (Å²) in [6.07, 6.45) is 1.52. The number of amides is 1. The molecule has 0 spiro atoms. The number of halogens is 1. The molecule has 4 rings (SSSR count). The zero-order chi connectivity index (χ0) is 22.0. The van der Waals surface area contributed by atoms with Gasteiger partial charge in [0.1, 0.15) is 12.2 Å². The minimum atomic E-state index is -0.520. The molecule has 3 aromatic rings. The Morgan fingerprint density at radius 3 is 2.68 bits per heavy atom. The smallest absolute Gasteiger partial charge is 0.410 e. The van der Waals surface area contributed by atoms with Crippen molar-refractivity contribution in [2.75, 3.05) is 13.2 Å². The number of carbonyl (C=O) groups is 1. The lowest BCUT2D eigenvalue weighted by molar-refractivity contribution is 0.0183. The van der Waals surface area contributed by atoms with E-state index in [9.17, 15) is 4.79 Å². The molecule has 0 saturated carbocycles. The van der Waals surface area contributed by atoms with Crippen LogP contribution < -0.4 is 4.74 Å². The average molecular weight is 442 g/mol. The quantitative estimate of drug-likeness (QED) is 0.523. The van der Waals surface area contributed by atoms with Crippen molar-refractivity contribution in [3.05, 3.63) is 59.1 Å². The molecule has 0 radical (unpaired) electrons. The van der Waals surface area contributed by atoms with Crippen LogP contribution >= 0.6 is 11.6 Å². The van der Waals surface area contributed by atoms with E-state index in [0.29, 0.717) is 30.7 Å². The van der Waals surface area contributed by atoms with Gasteiger partial charge in [-0.3, -0.25) is 4.57 Å². The van der Waals surface area contributed by atoms with Crippen molar-refractivity contribution in [1.29, 1.82) is 0 Å². The Bertz CT molecular complexity index is 1070. The lowest BCUT2D eigenvalue weighted by Gasteiger charge is -2.28. The molecular weight excluding hydrogens is 414 g/mol. The number of hydrogen-bond acceptors (Lipinski definition) is 4. The molecule has 2 heterocycles. The maximum absolute atomic E-state index is 12.6. The summed E-state index contributed by atoms with van der Waals surface area (Å²) in [5.41, 5.74) is 2.31. The minimum absolute atomic E-state index is 0.0385. The predicted octanol–water partition coefficient (Wildman–Crippen LogP) is 5.52. The third kappa shape index (κ3) is 4.96. The number of rotatable bonds is 5.